The Morgan fingerprint density at radius 1 is 1.03 bits per heavy atom. The highest BCUT2D eigenvalue weighted by molar-refractivity contribution is 5.99. The Labute approximate surface area is 183 Å². The molecule has 6 nitrogen and oxygen atoms in total. The van der Waals surface area contributed by atoms with Gasteiger partial charge < -0.3 is 14.5 Å². The lowest BCUT2D eigenvalue weighted by Gasteiger charge is -2.39. The second-order valence-corrected chi connectivity index (χ2v) is 8.80. The van der Waals surface area contributed by atoms with E-state index >= 15 is 0 Å². The smallest absolute Gasteiger partial charge is 0.244 e. The van der Waals surface area contributed by atoms with Gasteiger partial charge in [-0.2, -0.15) is 0 Å². The fraction of sp³-hybridized carbons (Fsp3) is 0.440. The number of benzene rings is 2. The van der Waals surface area contributed by atoms with Gasteiger partial charge in [0.15, 0.2) is 0 Å². The number of amides is 2. The van der Waals surface area contributed by atoms with Crippen molar-refractivity contribution in [2.45, 2.75) is 50.9 Å². The zero-order valence-electron chi connectivity index (χ0n) is 17.9. The van der Waals surface area contributed by atoms with Crippen molar-refractivity contribution in [2.24, 2.45) is 0 Å². The standard InChI is InChI=1S/C25H29N3O3/c1-18(29)26-13-11-20(12-14-26)27-17-21-15-23(27)25(30)28(16-19-7-3-2-4-8-19)22-9-5-6-10-24(22)31-21/h2-10,20-21,23H,11-17H2,1H3/t21-,23-/m0/s1. The van der Waals surface area contributed by atoms with Crippen molar-refractivity contribution >= 4 is 17.5 Å². The molecular weight excluding hydrogens is 390 g/mol. The van der Waals surface area contributed by atoms with E-state index in [1.54, 1.807) is 6.92 Å². The first kappa shape index (κ1) is 20.1. The molecule has 2 bridgehead atoms. The summed E-state index contributed by atoms with van der Waals surface area (Å²) in [6.07, 6.45) is 2.54. The highest BCUT2D eigenvalue weighted by atomic mass is 16.5. The zero-order valence-corrected chi connectivity index (χ0v) is 17.9. The second-order valence-electron chi connectivity index (χ2n) is 8.80. The molecule has 162 valence electrons. The van der Waals surface area contributed by atoms with Gasteiger partial charge in [-0.15, -0.1) is 0 Å². The van der Waals surface area contributed by atoms with Crippen LogP contribution in [0.25, 0.3) is 0 Å². The molecule has 2 saturated heterocycles. The monoisotopic (exact) mass is 419 g/mol. The van der Waals surface area contributed by atoms with Crippen LogP contribution in [-0.2, 0) is 16.1 Å². The molecule has 2 fully saturated rings. The van der Waals surface area contributed by atoms with Gasteiger partial charge in [-0.1, -0.05) is 42.5 Å². The molecule has 0 aromatic heterocycles. The first-order valence-electron chi connectivity index (χ1n) is 11.2. The first-order chi connectivity index (χ1) is 15.1. The van der Waals surface area contributed by atoms with E-state index in [9.17, 15) is 9.59 Å². The predicted molar refractivity (Wildman–Crippen MR) is 119 cm³/mol. The Balaban J connectivity index is 1.43. The fourth-order valence-corrected chi connectivity index (χ4v) is 5.25. The van der Waals surface area contributed by atoms with Crippen LogP contribution < -0.4 is 9.64 Å². The molecule has 2 aromatic carbocycles. The number of hydrogen-bond acceptors (Lipinski definition) is 4. The SMILES string of the molecule is CC(=O)N1CCC(N2C[C@@H]3C[C@H]2C(=O)N(Cc2ccccc2)c2ccccc2O3)CC1. The van der Waals surface area contributed by atoms with Gasteiger partial charge in [0.25, 0.3) is 0 Å². The zero-order chi connectivity index (χ0) is 21.4. The van der Waals surface area contributed by atoms with Gasteiger partial charge in [0.1, 0.15) is 11.9 Å². The summed E-state index contributed by atoms with van der Waals surface area (Å²) < 4.78 is 6.42. The highest BCUT2D eigenvalue weighted by Crippen LogP contribution is 2.38. The highest BCUT2D eigenvalue weighted by Gasteiger charge is 2.45. The summed E-state index contributed by atoms with van der Waals surface area (Å²) in [5, 5.41) is 0. The Morgan fingerprint density at radius 2 is 1.74 bits per heavy atom. The van der Waals surface area contributed by atoms with Crippen LogP contribution in [-0.4, -0.2) is 59.4 Å². The molecule has 2 atom stereocenters. The number of anilines is 1. The normalized spacial score (nSPS) is 24.4. The van der Waals surface area contributed by atoms with E-state index in [1.165, 1.54) is 0 Å². The number of piperidine rings is 1. The topological polar surface area (TPSA) is 53.1 Å². The second kappa shape index (κ2) is 8.35. The van der Waals surface area contributed by atoms with Crippen LogP contribution >= 0.6 is 0 Å². The van der Waals surface area contributed by atoms with Crippen molar-refractivity contribution in [1.82, 2.24) is 9.80 Å². The third kappa shape index (κ3) is 3.92. The van der Waals surface area contributed by atoms with Gasteiger partial charge >= 0.3 is 0 Å². The summed E-state index contributed by atoms with van der Waals surface area (Å²) in [5.41, 5.74) is 1.95. The predicted octanol–water partition coefficient (Wildman–Crippen LogP) is 3.07. The molecule has 5 rings (SSSR count). The number of rotatable bonds is 3. The molecule has 0 spiro atoms. The summed E-state index contributed by atoms with van der Waals surface area (Å²) in [6, 6.07) is 18.1. The maximum Gasteiger partial charge on any atom is 0.244 e. The minimum Gasteiger partial charge on any atom is -0.487 e. The largest absolute Gasteiger partial charge is 0.487 e. The molecule has 0 aliphatic carbocycles. The third-order valence-electron chi connectivity index (χ3n) is 6.86. The molecule has 0 radical (unpaired) electrons. The van der Waals surface area contributed by atoms with Gasteiger partial charge in [0, 0.05) is 39.0 Å². The number of ether oxygens (including phenoxy) is 1. The summed E-state index contributed by atoms with van der Waals surface area (Å²) in [6.45, 7) is 4.44. The number of likely N-dealkylation sites (tertiary alicyclic amines) is 2. The van der Waals surface area contributed by atoms with Gasteiger partial charge in [-0.3, -0.25) is 14.5 Å². The van der Waals surface area contributed by atoms with E-state index in [4.69, 9.17) is 4.74 Å². The van der Waals surface area contributed by atoms with Crippen molar-refractivity contribution in [3.8, 4) is 5.75 Å². The molecule has 0 saturated carbocycles. The quantitative estimate of drug-likeness (QED) is 0.767. The number of carbonyl (C=O) groups excluding carboxylic acids is 2. The van der Waals surface area contributed by atoms with Crippen molar-refractivity contribution in [2.75, 3.05) is 24.5 Å². The maximum absolute atomic E-state index is 13.9. The van der Waals surface area contributed by atoms with Crippen LogP contribution in [0.5, 0.6) is 5.75 Å². The Kier molecular flexibility index (Phi) is 5.40. The average molecular weight is 420 g/mol. The van der Waals surface area contributed by atoms with Crippen LogP contribution in [0.15, 0.2) is 54.6 Å². The number of fused-ring (bicyclic) bond motifs is 3. The Bertz CT molecular complexity index is 955. The number of carbonyl (C=O) groups is 2. The molecule has 2 aromatic rings. The maximum atomic E-state index is 13.9. The number of nitrogens with zero attached hydrogens (tertiary/aromatic N) is 3. The molecule has 31 heavy (non-hydrogen) atoms. The summed E-state index contributed by atoms with van der Waals surface area (Å²) in [5.74, 6) is 1.07. The molecule has 3 aliphatic rings. The van der Waals surface area contributed by atoms with Crippen LogP contribution in [0.1, 0.15) is 31.7 Å². The third-order valence-corrected chi connectivity index (χ3v) is 6.86. The molecule has 3 heterocycles. The molecular formula is C25H29N3O3. The lowest BCUT2D eigenvalue weighted by atomic mass is 10.0. The van der Waals surface area contributed by atoms with Crippen LogP contribution in [0.3, 0.4) is 0 Å². The lowest BCUT2D eigenvalue weighted by Crippen LogP contribution is -2.52. The Hall–Kier alpha value is -2.86. The van der Waals surface area contributed by atoms with E-state index in [0.717, 1.165) is 49.5 Å². The van der Waals surface area contributed by atoms with Gasteiger partial charge in [0.2, 0.25) is 11.8 Å². The minimum absolute atomic E-state index is 0.0137. The first-order valence-corrected chi connectivity index (χ1v) is 11.2. The van der Waals surface area contributed by atoms with E-state index in [1.807, 2.05) is 52.3 Å². The number of hydrogen-bond donors (Lipinski definition) is 0. The lowest BCUT2D eigenvalue weighted by molar-refractivity contribution is -0.131. The van der Waals surface area contributed by atoms with Gasteiger partial charge in [0.05, 0.1) is 18.3 Å². The minimum atomic E-state index is -0.184. The van der Waals surface area contributed by atoms with Crippen LogP contribution in [0.4, 0.5) is 5.69 Å². The summed E-state index contributed by atoms with van der Waals surface area (Å²) >= 11 is 0. The summed E-state index contributed by atoms with van der Waals surface area (Å²) in [4.78, 5) is 31.8. The van der Waals surface area contributed by atoms with E-state index in [-0.39, 0.29) is 24.0 Å². The molecule has 2 amide bonds. The average Bonchev–Trinajstić information content (AvgIpc) is 3.22. The van der Waals surface area contributed by atoms with Crippen molar-refractivity contribution in [3.05, 3.63) is 60.2 Å². The van der Waals surface area contributed by atoms with E-state index < -0.39 is 0 Å². The molecule has 6 heteroatoms. The number of para-hydroxylation sites is 2. The molecule has 3 aliphatic heterocycles. The Morgan fingerprint density at radius 3 is 2.48 bits per heavy atom. The fourth-order valence-electron chi connectivity index (χ4n) is 5.25. The van der Waals surface area contributed by atoms with Crippen LogP contribution in [0.2, 0.25) is 0 Å². The van der Waals surface area contributed by atoms with E-state index in [2.05, 4.69) is 17.0 Å². The molecule has 0 N–H and O–H groups in total. The van der Waals surface area contributed by atoms with Gasteiger partial charge in [-0.25, -0.2) is 0 Å². The van der Waals surface area contributed by atoms with Crippen molar-refractivity contribution in [1.29, 1.82) is 0 Å². The summed E-state index contributed by atoms with van der Waals surface area (Å²) in [7, 11) is 0. The van der Waals surface area contributed by atoms with E-state index in [0.29, 0.717) is 19.0 Å². The molecule has 0 unspecified atom stereocenters. The van der Waals surface area contributed by atoms with Gasteiger partial charge in [-0.05, 0) is 30.5 Å². The van der Waals surface area contributed by atoms with Crippen molar-refractivity contribution in [3.63, 3.8) is 0 Å². The van der Waals surface area contributed by atoms with Crippen LogP contribution in [0, 0.1) is 0 Å². The van der Waals surface area contributed by atoms with Crippen molar-refractivity contribution < 1.29 is 14.3 Å².